The van der Waals surface area contributed by atoms with Gasteiger partial charge in [-0.05, 0) is 36.5 Å². The molecule has 2 atom stereocenters. The second kappa shape index (κ2) is 5.08. The highest BCUT2D eigenvalue weighted by molar-refractivity contribution is 5.44. The summed E-state index contributed by atoms with van der Waals surface area (Å²) in [7, 11) is 0. The Kier molecular flexibility index (Phi) is 3.08. The van der Waals surface area contributed by atoms with E-state index in [0.29, 0.717) is 12.6 Å². The normalized spacial score (nSPS) is 21.6. The topological polar surface area (TPSA) is 41.5 Å². The maximum absolute atomic E-state index is 9.54. The van der Waals surface area contributed by atoms with E-state index in [9.17, 15) is 5.11 Å². The molecule has 2 aromatic carbocycles. The third-order valence-electron chi connectivity index (χ3n) is 4.41. The average Bonchev–Trinajstić information content (AvgIpc) is 3.27. The van der Waals surface area contributed by atoms with Gasteiger partial charge in [-0.3, -0.25) is 5.32 Å². The van der Waals surface area contributed by atoms with Crippen LogP contribution in [0.3, 0.4) is 0 Å². The number of hydrogen-bond acceptors (Lipinski definition) is 3. The van der Waals surface area contributed by atoms with E-state index in [4.69, 9.17) is 4.74 Å². The Morgan fingerprint density at radius 3 is 2.67 bits per heavy atom. The summed E-state index contributed by atoms with van der Waals surface area (Å²) >= 11 is 0. The molecule has 21 heavy (non-hydrogen) atoms. The van der Waals surface area contributed by atoms with Crippen LogP contribution in [0.2, 0.25) is 0 Å². The molecule has 3 nitrogen and oxygen atoms in total. The van der Waals surface area contributed by atoms with Crippen LogP contribution in [0.4, 0.5) is 0 Å². The summed E-state index contributed by atoms with van der Waals surface area (Å²) in [5.74, 6) is 1.79. The van der Waals surface area contributed by atoms with Crippen molar-refractivity contribution in [2.45, 2.75) is 24.9 Å². The van der Waals surface area contributed by atoms with Crippen molar-refractivity contribution in [1.82, 2.24) is 5.32 Å². The first-order chi connectivity index (χ1) is 10.3. The number of nitrogens with one attached hydrogen (secondary N) is 1. The fourth-order valence-corrected chi connectivity index (χ4v) is 3.15. The lowest BCUT2D eigenvalue weighted by molar-refractivity contribution is 0.290. The summed E-state index contributed by atoms with van der Waals surface area (Å²) in [6.07, 6.45) is 2.59. The van der Waals surface area contributed by atoms with Crippen molar-refractivity contribution in [1.29, 1.82) is 0 Å². The number of ether oxygens (including phenoxy) is 1. The Bertz CT molecular complexity index is 637. The van der Waals surface area contributed by atoms with Crippen LogP contribution >= 0.6 is 0 Å². The molecule has 2 aromatic rings. The Morgan fingerprint density at radius 1 is 1.10 bits per heavy atom. The molecule has 0 bridgehead atoms. The minimum absolute atomic E-state index is 0.200. The Balaban J connectivity index is 1.58. The van der Waals surface area contributed by atoms with Crippen molar-refractivity contribution in [3.8, 4) is 11.5 Å². The second-order valence-electron chi connectivity index (χ2n) is 5.98. The molecular formula is C18H19NO2. The van der Waals surface area contributed by atoms with Crippen LogP contribution in [0, 0.1) is 5.92 Å². The number of phenols is 1. The van der Waals surface area contributed by atoms with E-state index < -0.39 is 0 Å². The van der Waals surface area contributed by atoms with Gasteiger partial charge in [-0.25, -0.2) is 0 Å². The molecule has 2 N–H and O–H groups in total. The molecule has 4 rings (SSSR count). The SMILES string of the molecule is Oc1ccc2c(c1)OCC2NC(c1ccccc1)C1CC1. The molecule has 108 valence electrons. The Labute approximate surface area is 124 Å². The predicted octanol–water partition coefficient (Wildman–Crippen LogP) is 3.57. The third kappa shape index (κ3) is 2.49. The predicted molar refractivity (Wildman–Crippen MR) is 81.4 cm³/mol. The van der Waals surface area contributed by atoms with Gasteiger partial charge >= 0.3 is 0 Å². The van der Waals surface area contributed by atoms with Gasteiger partial charge in [0.2, 0.25) is 0 Å². The number of rotatable bonds is 4. The smallest absolute Gasteiger partial charge is 0.127 e. The molecule has 0 spiro atoms. The molecule has 1 fully saturated rings. The average molecular weight is 281 g/mol. The van der Waals surface area contributed by atoms with Gasteiger partial charge in [-0.2, -0.15) is 0 Å². The van der Waals surface area contributed by atoms with Gasteiger partial charge in [0.25, 0.3) is 0 Å². The van der Waals surface area contributed by atoms with Crippen molar-refractivity contribution in [3.05, 3.63) is 59.7 Å². The highest BCUT2D eigenvalue weighted by Gasteiger charge is 2.35. The summed E-state index contributed by atoms with van der Waals surface area (Å²) in [4.78, 5) is 0. The maximum Gasteiger partial charge on any atom is 0.127 e. The van der Waals surface area contributed by atoms with E-state index in [1.54, 1.807) is 12.1 Å². The van der Waals surface area contributed by atoms with Crippen LogP contribution in [0.15, 0.2) is 48.5 Å². The van der Waals surface area contributed by atoms with Crippen molar-refractivity contribution < 1.29 is 9.84 Å². The fourth-order valence-electron chi connectivity index (χ4n) is 3.15. The lowest BCUT2D eigenvalue weighted by atomic mass is 9.99. The zero-order valence-corrected chi connectivity index (χ0v) is 11.8. The van der Waals surface area contributed by atoms with E-state index in [2.05, 4.69) is 35.6 Å². The monoisotopic (exact) mass is 281 g/mol. The van der Waals surface area contributed by atoms with Crippen LogP contribution in [-0.4, -0.2) is 11.7 Å². The summed E-state index contributed by atoms with van der Waals surface area (Å²) in [5.41, 5.74) is 2.50. The Hall–Kier alpha value is -2.00. The zero-order chi connectivity index (χ0) is 14.2. The lowest BCUT2D eigenvalue weighted by Gasteiger charge is -2.23. The summed E-state index contributed by atoms with van der Waals surface area (Å²) in [5, 5.41) is 13.3. The minimum atomic E-state index is 0.200. The lowest BCUT2D eigenvalue weighted by Crippen LogP contribution is -2.28. The largest absolute Gasteiger partial charge is 0.508 e. The molecule has 1 aliphatic carbocycles. The van der Waals surface area contributed by atoms with Gasteiger partial charge in [0.1, 0.15) is 18.1 Å². The van der Waals surface area contributed by atoms with E-state index in [1.165, 1.54) is 18.4 Å². The standard InChI is InChI=1S/C18H19NO2/c20-14-8-9-15-16(11-21-17(15)10-14)19-18(13-6-7-13)12-4-2-1-3-5-12/h1-5,8-10,13,16,18-20H,6-7,11H2. The van der Waals surface area contributed by atoms with Gasteiger partial charge < -0.3 is 9.84 Å². The zero-order valence-electron chi connectivity index (χ0n) is 11.8. The maximum atomic E-state index is 9.54. The fraction of sp³-hybridized carbons (Fsp3) is 0.333. The van der Waals surface area contributed by atoms with Crippen molar-refractivity contribution in [3.63, 3.8) is 0 Å². The molecule has 3 heteroatoms. The highest BCUT2D eigenvalue weighted by Crippen LogP contribution is 2.44. The van der Waals surface area contributed by atoms with Crippen LogP contribution in [0.5, 0.6) is 11.5 Å². The van der Waals surface area contributed by atoms with Crippen molar-refractivity contribution in [2.24, 2.45) is 5.92 Å². The van der Waals surface area contributed by atoms with E-state index in [1.807, 2.05) is 6.07 Å². The van der Waals surface area contributed by atoms with Crippen molar-refractivity contribution in [2.75, 3.05) is 6.61 Å². The first kappa shape index (κ1) is 12.7. The molecule has 2 unspecified atom stereocenters. The van der Waals surface area contributed by atoms with Crippen LogP contribution in [-0.2, 0) is 0 Å². The number of aromatic hydroxyl groups is 1. The van der Waals surface area contributed by atoms with Crippen LogP contribution in [0.1, 0.15) is 36.1 Å². The van der Waals surface area contributed by atoms with Gasteiger partial charge in [0, 0.05) is 17.7 Å². The second-order valence-corrected chi connectivity index (χ2v) is 5.98. The van der Waals surface area contributed by atoms with E-state index >= 15 is 0 Å². The summed E-state index contributed by atoms with van der Waals surface area (Å²) in [6.45, 7) is 0.634. The number of benzene rings is 2. The van der Waals surface area contributed by atoms with Gasteiger partial charge in [0.05, 0.1) is 6.04 Å². The van der Waals surface area contributed by atoms with Crippen LogP contribution in [0.25, 0.3) is 0 Å². The molecular weight excluding hydrogens is 262 g/mol. The molecule has 0 radical (unpaired) electrons. The summed E-state index contributed by atoms with van der Waals surface area (Å²) in [6, 6.07) is 16.6. The minimum Gasteiger partial charge on any atom is -0.508 e. The number of phenolic OH excluding ortho intramolecular Hbond substituents is 1. The number of fused-ring (bicyclic) bond motifs is 1. The van der Waals surface area contributed by atoms with Gasteiger partial charge in [0.15, 0.2) is 0 Å². The molecule has 1 saturated carbocycles. The third-order valence-corrected chi connectivity index (χ3v) is 4.41. The van der Waals surface area contributed by atoms with Crippen molar-refractivity contribution >= 4 is 0 Å². The number of hydrogen-bond donors (Lipinski definition) is 2. The molecule has 0 amide bonds. The molecule has 1 heterocycles. The molecule has 0 saturated heterocycles. The van der Waals surface area contributed by atoms with Crippen LogP contribution < -0.4 is 10.1 Å². The Morgan fingerprint density at radius 2 is 1.90 bits per heavy atom. The quantitative estimate of drug-likeness (QED) is 0.900. The first-order valence-electron chi connectivity index (χ1n) is 7.58. The summed E-state index contributed by atoms with van der Waals surface area (Å²) < 4.78 is 5.71. The van der Waals surface area contributed by atoms with Gasteiger partial charge in [-0.1, -0.05) is 30.3 Å². The molecule has 0 aromatic heterocycles. The van der Waals surface area contributed by atoms with Gasteiger partial charge in [-0.15, -0.1) is 0 Å². The van der Waals surface area contributed by atoms with E-state index in [-0.39, 0.29) is 11.8 Å². The highest BCUT2D eigenvalue weighted by atomic mass is 16.5. The first-order valence-corrected chi connectivity index (χ1v) is 7.58. The molecule has 2 aliphatic rings. The van der Waals surface area contributed by atoms with E-state index in [0.717, 1.165) is 17.2 Å². The molecule has 1 aliphatic heterocycles.